The minimum Gasteiger partial charge on any atom is -0.349 e. The SMILES string of the molecule is CCCCc1ncc[nH]1.Cl. The van der Waals surface area contributed by atoms with Gasteiger partial charge in [-0.25, -0.2) is 4.98 Å². The van der Waals surface area contributed by atoms with Crippen LogP contribution in [0.5, 0.6) is 0 Å². The number of rotatable bonds is 3. The normalized spacial score (nSPS) is 8.90. The molecule has 1 aromatic rings. The van der Waals surface area contributed by atoms with E-state index in [1.54, 1.807) is 6.20 Å². The van der Waals surface area contributed by atoms with E-state index in [0.29, 0.717) is 0 Å². The van der Waals surface area contributed by atoms with Crippen molar-refractivity contribution in [2.45, 2.75) is 26.2 Å². The number of H-pyrrole nitrogens is 1. The summed E-state index contributed by atoms with van der Waals surface area (Å²) in [6.45, 7) is 2.18. The largest absolute Gasteiger partial charge is 0.349 e. The Hall–Kier alpha value is -0.500. The molecule has 2 nitrogen and oxygen atoms in total. The van der Waals surface area contributed by atoms with Gasteiger partial charge in [0, 0.05) is 18.8 Å². The topological polar surface area (TPSA) is 28.7 Å². The van der Waals surface area contributed by atoms with Gasteiger partial charge >= 0.3 is 0 Å². The number of nitrogens with zero attached hydrogens (tertiary/aromatic N) is 1. The number of aromatic nitrogens is 2. The highest BCUT2D eigenvalue weighted by Gasteiger charge is 1.90. The summed E-state index contributed by atoms with van der Waals surface area (Å²) in [5.74, 6) is 1.11. The van der Waals surface area contributed by atoms with Crippen LogP contribution in [0.3, 0.4) is 0 Å². The smallest absolute Gasteiger partial charge is 0.105 e. The average molecular weight is 161 g/mol. The molecule has 58 valence electrons. The predicted molar refractivity (Wildman–Crippen MR) is 44.4 cm³/mol. The standard InChI is InChI=1S/C7H12N2.ClH/c1-2-3-4-7-8-5-6-9-7;/h5-6H,2-4H2,1H3,(H,8,9);1H. The van der Waals surface area contributed by atoms with E-state index in [1.165, 1.54) is 12.8 Å². The summed E-state index contributed by atoms with van der Waals surface area (Å²) in [4.78, 5) is 7.16. The molecule has 0 aliphatic heterocycles. The van der Waals surface area contributed by atoms with Gasteiger partial charge < -0.3 is 4.98 Å². The highest BCUT2D eigenvalue weighted by molar-refractivity contribution is 5.85. The molecule has 0 saturated carbocycles. The van der Waals surface area contributed by atoms with Gasteiger partial charge in [-0.1, -0.05) is 13.3 Å². The van der Waals surface area contributed by atoms with Crippen molar-refractivity contribution in [3.63, 3.8) is 0 Å². The van der Waals surface area contributed by atoms with Crippen molar-refractivity contribution < 1.29 is 0 Å². The second kappa shape index (κ2) is 5.30. The van der Waals surface area contributed by atoms with E-state index >= 15 is 0 Å². The number of unbranched alkanes of at least 4 members (excludes halogenated alkanes) is 1. The molecule has 0 fully saturated rings. The third-order valence-corrected chi connectivity index (χ3v) is 1.32. The monoisotopic (exact) mass is 160 g/mol. The van der Waals surface area contributed by atoms with Crippen molar-refractivity contribution in [2.75, 3.05) is 0 Å². The quantitative estimate of drug-likeness (QED) is 0.722. The highest BCUT2D eigenvalue weighted by atomic mass is 35.5. The minimum atomic E-state index is 0. The summed E-state index contributed by atoms with van der Waals surface area (Å²) >= 11 is 0. The van der Waals surface area contributed by atoms with E-state index in [0.717, 1.165) is 12.2 Å². The third-order valence-electron chi connectivity index (χ3n) is 1.32. The summed E-state index contributed by atoms with van der Waals surface area (Å²) in [6, 6.07) is 0. The first kappa shape index (κ1) is 9.50. The van der Waals surface area contributed by atoms with Crippen LogP contribution in [0, 0.1) is 0 Å². The van der Waals surface area contributed by atoms with Crippen LogP contribution < -0.4 is 0 Å². The van der Waals surface area contributed by atoms with Gasteiger partial charge in [-0.15, -0.1) is 12.4 Å². The fourth-order valence-corrected chi connectivity index (χ4v) is 0.779. The molecule has 0 unspecified atom stereocenters. The van der Waals surface area contributed by atoms with Crippen LogP contribution in [-0.2, 0) is 6.42 Å². The van der Waals surface area contributed by atoms with Gasteiger partial charge in [0.1, 0.15) is 5.82 Å². The lowest BCUT2D eigenvalue weighted by molar-refractivity contribution is 0.762. The van der Waals surface area contributed by atoms with Crippen LogP contribution in [0.1, 0.15) is 25.6 Å². The number of aromatic amines is 1. The lowest BCUT2D eigenvalue weighted by Gasteiger charge is -1.90. The van der Waals surface area contributed by atoms with Crippen LogP contribution in [0.4, 0.5) is 0 Å². The molecule has 0 radical (unpaired) electrons. The van der Waals surface area contributed by atoms with Gasteiger partial charge in [-0.2, -0.15) is 0 Å². The predicted octanol–water partition coefficient (Wildman–Crippen LogP) is 2.17. The molecule has 1 heterocycles. The molecular formula is C7H13ClN2. The molecule has 1 aromatic heterocycles. The number of halogens is 1. The van der Waals surface area contributed by atoms with Crippen molar-refractivity contribution in [1.29, 1.82) is 0 Å². The Morgan fingerprint density at radius 2 is 2.40 bits per heavy atom. The van der Waals surface area contributed by atoms with Gasteiger partial charge in [0.15, 0.2) is 0 Å². The molecule has 0 aliphatic carbocycles. The first-order valence-electron chi connectivity index (χ1n) is 3.41. The Balaban J connectivity index is 0.000000810. The fraction of sp³-hybridized carbons (Fsp3) is 0.571. The van der Waals surface area contributed by atoms with Crippen LogP contribution in [-0.4, -0.2) is 9.97 Å². The summed E-state index contributed by atoms with van der Waals surface area (Å²) in [5, 5.41) is 0. The second-order valence-electron chi connectivity index (χ2n) is 2.14. The van der Waals surface area contributed by atoms with Crippen LogP contribution in [0.25, 0.3) is 0 Å². The van der Waals surface area contributed by atoms with Crippen molar-refractivity contribution in [3.05, 3.63) is 18.2 Å². The van der Waals surface area contributed by atoms with E-state index in [2.05, 4.69) is 16.9 Å². The van der Waals surface area contributed by atoms with E-state index in [-0.39, 0.29) is 12.4 Å². The van der Waals surface area contributed by atoms with E-state index in [9.17, 15) is 0 Å². The van der Waals surface area contributed by atoms with Gasteiger partial charge in [0.05, 0.1) is 0 Å². The number of hydrogen-bond acceptors (Lipinski definition) is 1. The third kappa shape index (κ3) is 2.87. The molecule has 3 heteroatoms. The summed E-state index contributed by atoms with van der Waals surface area (Å²) in [7, 11) is 0. The second-order valence-corrected chi connectivity index (χ2v) is 2.14. The number of nitrogens with one attached hydrogen (secondary N) is 1. The first-order chi connectivity index (χ1) is 4.43. The maximum absolute atomic E-state index is 4.10. The van der Waals surface area contributed by atoms with E-state index < -0.39 is 0 Å². The Labute approximate surface area is 67.5 Å². The maximum Gasteiger partial charge on any atom is 0.105 e. The maximum atomic E-state index is 4.10. The molecule has 0 saturated heterocycles. The molecule has 10 heavy (non-hydrogen) atoms. The number of imidazole rings is 1. The van der Waals surface area contributed by atoms with Gasteiger partial charge in [-0.3, -0.25) is 0 Å². The molecule has 0 atom stereocenters. The van der Waals surface area contributed by atoms with Crippen LogP contribution in [0.2, 0.25) is 0 Å². The van der Waals surface area contributed by atoms with Crippen molar-refractivity contribution in [1.82, 2.24) is 9.97 Å². The molecule has 1 rings (SSSR count). The van der Waals surface area contributed by atoms with Crippen molar-refractivity contribution in [3.8, 4) is 0 Å². The zero-order chi connectivity index (χ0) is 6.53. The van der Waals surface area contributed by atoms with E-state index in [1.807, 2.05) is 6.20 Å². The van der Waals surface area contributed by atoms with Crippen molar-refractivity contribution >= 4 is 12.4 Å². The molecule has 0 bridgehead atoms. The lowest BCUT2D eigenvalue weighted by atomic mass is 10.2. The summed E-state index contributed by atoms with van der Waals surface area (Å²) in [5.41, 5.74) is 0. The summed E-state index contributed by atoms with van der Waals surface area (Å²) < 4.78 is 0. The minimum absolute atomic E-state index is 0. The lowest BCUT2D eigenvalue weighted by Crippen LogP contribution is -1.85. The van der Waals surface area contributed by atoms with Crippen LogP contribution in [0.15, 0.2) is 12.4 Å². The van der Waals surface area contributed by atoms with E-state index in [4.69, 9.17) is 0 Å². The molecular weight excluding hydrogens is 148 g/mol. The zero-order valence-corrected chi connectivity index (χ0v) is 6.95. The van der Waals surface area contributed by atoms with Gasteiger partial charge in [-0.05, 0) is 6.42 Å². The Morgan fingerprint density at radius 3 is 2.90 bits per heavy atom. The van der Waals surface area contributed by atoms with Gasteiger partial charge in [0.2, 0.25) is 0 Å². The van der Waals surface area contributed by atoms with Crippen molar-refractivity contribution in [2.24, 2.45) is 0 Å². The highest BCUT2D eigenvalue weighted by Crippen LogP contribution is 1.96. The average Bonchev–Trinajstić information content (AvgIpc) is 2.34. The molecule has 0 aromatic carbocycles. The number of aryl methyl sites for hydroxylation is 1. The Morgan fingerprint density at radius 1 is 1.60 bits per heavy atom. The van der Waals surface area contributed by atoms with Gasteiger partial charge in [0.25, 0.3) is 0 Å². The molecule has 0 spiro atoms. The van der Waals surface area contributed by atoms with Crippen LogP contribution >= 0.6 is 12.4 Å². The number of hydrogen-bond donors (Lipinski definition) is 1. The molecule has 0 aliphatic rings. The fourth-order valence-electron chi connectivity index (χ4n) is 0.779. The summed E-state index contributed by atoms with van der Waals surface area (Å²) in [6.07, 6.45) is 7.22. The Kier molecular flexibility index (Phi) is 5.03. The molecule has 1 N–H and O–H groups in total. The Bertz CT molecular complexity index is 149. The first-order valence-corrected chi connectivity index (χ1v) is 3.41. The zero-order valence-electron chi connectivity index (χ0n) is 6.13. The molecule has 0 amide bonds.